The van der Waals surface area contributed by atoms with Gasteiger partial charge in [-0.15, -0.1) is 0 Å². The Hall–Kier alpha value is -4.08. The van der Waals surface area contributed by atoms with E-state index in [9.17, 15) is 19.2 Å². The Bertz CT molecular complexity index is 1020. The average Bonchev–Trinajstić information content (AvgIpc) is 2.78. The van der Waals surface area contributed by atoms with Crippen LogP contribution in [0.5, 0.6) is 5.75 Å². The van der Waals surface area contributed by atoms with Crippen LogP contribution in [0.4, 0.5) is 15.3 Å². The molecule has 0 saturated heterocycles. The van der Waals surface area contributed by atoms with Gasteiger partial charge in [0.25, 0.3) is 0 Å². The number of amides is 3. The van der Waals surface area contributed by atoms with Crippen LogP contribution >= 0.6 is 0 Å². The summed E-state index contributed by atoms with van der Waals surface area (Å²) < 4.78 is 15.5. The van der Waals surface area contributed by atoms with Gasteiger partial charge in [-0.25, -0.2) is 14.4 Å². The van der Waals surface area contributed by atoms with Gasteiger partial charge in [-0.1, -0.05) is 30.3 Å². The number of alkyl carbamates (subject to hydrolysis) is 1. The molecule has 0 aromatic heterocycles. The van der Waals surface area contributed by atoms with Crippen molar-refractivity contribution >= 4 is 29.8 Å². The van der Waals surface area contributed by atoms with Crippen LogP contribution in [0.25, 0.3) is 0 Å². The molecule has 3 amide bonds. The van der Waals surface area contributed by atoms with Gasteiger partial charge in [0.1, 0.15) is 30.0 Å². The van der Waals surface area contributed by atoms with Gasteiger partial charge in [0.2, 0.25) is 5.91 Å². The van der Waals surface area contributed by atoms with E-state index in [2.05, 4.69) is 16.0 Å². The van der Waals surface area contributed by atoms with Gasteiger partial charge in [-0.05, 0) is 64.4 Å². The van der Waals surface area contributed by atoms with Crippen molar-refractivity contribution in [2.45, 2.75) is 58.9 Å². The van der Waals surface area contributed by atoms with Crippen molar-refractivity contribution in [3.63, 3.8) is 0 Å². The van der Waals surface area contributed by atoms with Crippen LogP contribution < -0.4 is 20.7 Å². The Labute approximate surface area is 204 Å². The van der Waals surface area contributed by atoms with Crippen molar-refractivity contribution < 1.29 is 33.4 Å². The zero-order chi connectivity index (χ0) is 26.0. The molecule has 0 aliphatic carbocycles. The number of ether oxygens (including phenoxy) is 3. The van der Waals surface area contributed by atoms with Crippen LogP contribution in [0.1, 0.15) is 40.2 Å². The molecule has 188 valence electrons. The van der Waals surface area contributed by atoms with E-state index in [-0.39, 0.29) is 12.4 Å². The Kier molecular flexibility index (Phi) is 9.63. The molecule has 35 heavy (non-hydrogen) atoms. The molecule has 0 unspecified atom stereocenters. The summed E-state index contributed by atoms with van der Waals surface area (Å²) in [5.41, 5.74) is 0.609. The molecule has 10 nitrogen and oxygen atoms in total. The first-order valence-electron chi connectivity index (χ1n) is 11.0. The summed E-state index contributed by atoms with van der Waals surface area (Å²) in [6.07, 6.45) is -1.36. The zero-order valence-electron chi connectivity index (χ0n) is 20.4. The van der Waals surface area contributed by atoms with Crippen molar-refractivity contribution in [3.05, 3.63) is 60.2 Å². The Balaban J connectivity index is 1.78. The summed E-state index contributed by atoms with van der Waals surface area (Å²) in [7, 11) is 0. The fourth-order valence-electron chi connectivity index (χ4n) is 2.64. The lowest BCUT2D eigenvalue weighted by Crippen LogP contribution is -2.50. The van der Waals surface area contributed by atoms with E-state index in [1.165, 1.54) is 26.0 Å². The topological polar surface area (TPSA) is 132 Å². The van der Waals surface area contributed by atoms with Crippen molar-refractivity contribution in [2.75, 3.05) is 5.32 Å². The fourth-order valence-corrected chi connectivity index (χ4v) is 2.64. The van der Waals surface area contributed by atoms with Gasteiger partial charge < -0.3 is 24.8 Å². The second-order valence-electron chi connectivity index (χ2n) is 8.73. The summed E-state index contributed by atoms with van der Waals surface area (Å²) in [5.74, 6) is -1.06. The molecule has 10 heteroatoms. The molecule has 0 spiro atoms. The van der Waals surface area contributed by atoms with Crippen LogP contribution in [-0.2, 0) is 25.7 Å². The third-order valence-electron chi connectivity index (χ3n) is 4.37. The maximum atomic E-state index is 12.3. The van der Waals surface area contributed by atoms with Crippen molar-refractivity contribution in [2.24, 2.45) is 0 Å². The van der Waals surface area contributed by atoms with E-state index in [0.29, 0.717) is 5.69 Å². The second-order valence-corrected chi connectivity index (χ2v) is 8.73. The smallest absolute Gasteiger partial charge is 0.411 e. The molecule has 0 aliphatic heterocycles. The van der Waals surface area contributed by atoms with Crippen LogP contribution in [0.2, 0.25) is 0 Å². The second kappa shape index (κ2) is 12.4. The SMILES string of the molecule is C[C@H](NC(=O)OC(C)(C)C)C(=O)N[C@@H](C)C(=O)Oc1ccc(NC(=O)OCc2ccccc2)cc1. The van der Waals surface area contributed by atoms with E-state index in [4.69, 9.17) is 14.2 Å². The third-order valence-corrected chi connectivity index (χ3v) is 4.37. The highest BCUT2D eigenvalue weighted by Gasteiger charge is 2.24. The third kappa shape index (κ3) is 10.2. The number of rotatable bonds is 8. The number of hydrogen-bond acceptors (Lipinski definition) is 7. The molecule has 0 radical (unpaired) electrons. The lowest BCUT2D eigenvalue weighted by molar-refractivity contribution is -0.139. The number of esters is 1. The summed E-state index contributed by atoms with van der Waals surface area (Å²) in [6, 6.07) is 13.4. The van der Waals surface area contributed by atoms with E-state index < -0.39 is 41.7 Å². The summed E-state index contributed by atoms with van der Waals surface area (Å²) in [6.45, 7) is 8.17. The number of carbonyl (C=O) groups excluding carboxylic acids is 4. The fraction of sp³-hybridized carbons (Fsp3) is 0.360. The molecule has 0 aliphatic rings. The number of carbonyl (C=O) groups is 4. The van der Waals surface area contributed by atoms with Gasteiger partial charge in [0.15, 0.2) is 0 Å². The Morgan fingerprint density at radius 2 is 1.46 bits per heavy atom. The molecule has 0 heterocycles. The van der Waals surface area contributed by atoms with Gasteiger partial charge in [0.05, 0.1) is 0 Å². The minimum atomic E-state index is -0.976. The number of benzene rings is 2. The lowest BCUT2D eigenvalue weighted by atomic mass is 10.2. The van der Waals surface area contributed by atoms with Crippen LogP contribution in [0.15, 0.2) is 54.6 Å². The molecule has 2 aromatic rings. The van der Waals surface area contributed by atoms with Gasteiger partial charge >= 0.3 is 18.2 Å². The number of anilines is 1. The summed E-state index contributed by atoms with van der Waals surface area (Å²) >= 11 is 0. The predicted molar refractivity (Wildman–Crippen MR) is 129 cm³/mol. The highest BCUT2D eigenvalue weighted by atomic mass is 16.6. The predicted octanol–water partition coefficient (Wildman–Crippen LogP) is 3.76. The van der Waals surface area contributed by atoms with E-state index in [1.807, 2.05) is 30.3 Å². The van der Waals surface area contributed by atoms with Crippen LogP contribution in [0, 0.1) is 0 Å². The maximum absolute atomic E-state index is 12.3. The summed E-state index contributed by atoms with van der Waals surface area (Å²) in [4.78, 5) is 48.3. The highest BCUT2D eigenvalue weighted by Crippen LogP contribution is 2.17. The molecule has 2 atom stereocenters. The zero-order valence-corrected chi connectivity index (χ0v) is 20.4. The minimum absolute atomic E-state index is 0.137. The van der Waals surface area contributed by atoms with Crippen molar-refractivity contribution in [3.8, 4) is 5.75 Å². The minimum Gasteiger partial charge on any atom is -0.444 e. The van der Waals surface area contributed by atoms with Gasteiger partial charge in [-0.2, -0.15) is 0 Å². The van der Waals surface area contributed by atoms with E-state index in [1.54, 1.807) is 32.9 Å². The van der Waals surface area contributed by atoms with E-state index in [0.717, 1.165) is 5.56 Å². The first-order valence-corrected chi connectivity index (χ1v) is 11.0. The quantitative estimate of drug-likeness (QED) is 0.383. The normalized spacial score (nSPS) is 12.5. The summed E-state index contributed by atoms with van der Waals surface area (Å²) in [5, 5.41) is 7.46. The largest absolute Gasteiger partial charge is 0.444 e. The first kappa shape index (κ1) is 27.2. The van der Waals surface area contributed by atoms with Crippen molar-refractivity contribution in [1.29, 1.82) is 0 Å². The molecule has 0 fully saturated rings. The number of nitrogens with one attached hydrogen (secondary N) is 3. The molecule has 0 bridgehead atoms. The molecule has 0 saturated carbocycles. The van der Waals surface area contributed by atoms with Gasteiger partial charge in [0, 0.05) is 5.69 Å². The Morgan fingerprint density at radius 3 is 2.06 bits per heavy atom. The molecule has 2 aromatic carbocycles. The Morgan fingerprint density at radius 1 is 0.829 bits per heavy atom. The number of hydrogen-bond donors (Lipinski definition) is 3. The molecular formula is C25H31N3O7. The lowest BCUT2D eigenvalue weighted by Gasteiger charge is -2.22. The van der Waals surface area contributed by atoms with Gasteiger partial charge in [-0.3, -0.25) is 10.1 Å². The molecule has 2 rings (SSSR count). The molecular weight excluding hydrogens is 454 g/mol. The average molecular weight is 486 g/mol. The van der Waals surface area contributed by atoms with Crippen LogP contribution in [-0.4, -0.2) is 41.7 Å². The van der Waals surface area contributed by atoms with Crippen molar-refractivity contribution in [1.82, 2.24) is 10.6 Å². The maximum Gasteiger partial charge on any atom is 0.411 e. The monoisotopic (exact) mass is 485 g/mol. The van der Waals surface area contributed by atoms with Crippen LogP contribution in [0.3, 0.4) is 0 Å². The first-order chi connectivity index (χ1) is 16.4. The standard InChI is InChI=1S/C25H31N3O7/c1-16(27-24(32)35-25(3,4)5)21(29)26-17(2)22(30)34-20-13-11-19(12-14-20)28-23(31)33-15-18-9-7-6-8-10-18/h6-14,16-17H,15H2,1-5H3,(H,26,29)(H,27,32)(H,28,31)/t16-,17-/m0/s1. The van der Waals surface area contributed by atoms with E-state index >= 15 is 0 Å². The highest BCUT2D eigenvalue weighted by molar-refractivity contribution is 5.90. The molecule has 3 N–H and O–H groups in total.